The molecule has 0 radical (unpaired) electrons. The molecule has 0 aliphatic heterocycles. The summed E-state index contributed by atoms with van der Waals surface area (Å²) < 4.78 is 0. The first-order chi connectivity index (χ1) is 8.40. The zero-order chi connectivity index (χ0) is 10.7. The molecule has 17 heavy (non-hydrogen) atoms. The van der Waals surface area contributed by atoms with Crippen molar-refractivity contribution in [1.29, 1.82) is 0 Å². The summed E-state index contributed by atoms with van der Waals surface area (Å²) in [6.07, 6.45) is 12.2. The Bertz CT molecular complexity index is 433. The molecule has 9 atom stereocenters. The predicted molar refractivity (Wildman–Crippen MR) is 67.2 cm³/mol. The summed E-state index contributed by atoms with van der Waals surface area (Å²) in [7, 11) is 0. The van der Waals surface area contributed by atoms with Crippen LogP contribution in [0.4, 0.5) is 0 Å². The average molecular weight is 226 g/mol. The monoisotopic (exact) mass is 226 g/mol. The van der Waals surface area contributed by atoms with Gasteiger partial charge in [0.25, 0.3) is 0 Å². The van der Waals surface area contributed by atoms with Crippen molar-refractivity contribution in [1.82, 2.24) is 0 Å². The Balaban J connectivity index is 1.47. The zero-order valence-corrected chi connectivity index (χ0v) is 10.5. The maximum Gasteiger partial charge on any atom is -0.0160 e. The van der Waals surface area contributed by atoms with Gasteiger partial charge in [-0.15, -0.1) is 0 Å². The molecule has 0 heteroatoms. The molecule has 0 aromatic heterocycles. The van der Waals surface area contributed by atoms with E-state index in [1.165, 1.54) is 54.3 Å². The van der Waals surface area contributed by atoms with Gasteiger partial charge in [0.15, 0.2) is 0 Å². The zero-order valence-electron chi connectivity index (χ0n) is 10.5. The fourth-order valence-corrected chi connectivity index (χ4v) is 7.95. The van der Waals surface area contributed by atoms with Gasteiger partial charge in [-0.05, 0) is 91.8 Å². The Labute approximate surface area is 104 Å². The summed E-state index contributed by atoms with van der Waals surface area (Å²) in [4.78, 5) is 0. The number of allylic oxidation sites excluding steroid dienone is 2. The van der Waals surface area contributed by atoms with E-state index in [-0.39, 0.29) is 0 Å². The predicted octanol–water partition coefficient (Wildman–Crippen LogP) is 3.88. The second kappa shape index (κ2) is 2.53. The molecule has 9 unspecified atom stereocenters. The van der Waals surface area contributed by atoms with E-state index < -0.39 is 0 Å². The lowest BCUT2D eigenvalue weighted by Gasteiger charge is -2.52. The van der Waals surface area contributed by atoms with E-state index in [9.17, 15) is 0 Å². The number of fused-ring (bicyclic) bond motifs is 9. The van der Waals surface area contributed by atoms with Crippen molar-refractivity contribution in [3.63, 3.8) is 0 Å². The van der Waals surface area contributed by atoms with E-state index in [0.29, 0.717) is 0 Å². The SMILES string of the molecule is C1=C2CC1C1C(C2)C2CC1C1C3CCC(C3)C21. The summed E-state index contributed by atoms with van der Waals surface area (Å²) in [5.74, 6) is 10.6. The largest absolute Gasteiger partial charge is 0.0816 e. The standard InChI is InChI=1S/C17H22/c1-2-10-6-9(1)16-13-7-14(17(10)16)15-11-3-8(4-11)5-12(13)15/h3,9-17H,1-2,4-7H2. The third-order valence-electron chi connectivity index (χ3n) is 8.06. The first kappa shape index (κ1) is 8.77. The molecule has 6 bridgehead atoms. The molecule has 5 saturated carbocycles. The van der Waals surface area contributed by atoms with Crippen molar-refractivity contribution in [2.45, 2.75) is 38.5 Å². The van der Waals surface area contributed by atoms with Crippen LogP contribution in [-0.2, 0) is 0 Å². The Morgan fingerprint density at radius 1 is 0.765 bits per heavy atom. The van der Waals surface area contributed by atoms with Gasteiger partial charge in [0, 0.05) is 0 Å². The second-order valence-electron chi connectivity index (χ2n) is 8.19. The topological polar surface area (TPSA) is 0 Å². The maximum absolute atomic E-state index is 2.67. The highest BCUT2D eigenvalue weighted by Gasteiger charge is 2.67. The van der Waals surface area contributed by atoms with Crippen LogP contribution in [0.15, 0.2) is 11.6 Å². The molecule has 0 saturated heterocycles. The Hall–Kier alpha value is -0.260. The fourth-order valence-electron chi connectivity index (χ4n) is 7.95. The van der Waals surface area contributed by atoms with Gasteiger partial charge >= 0.3 is 0 Å². The number of hydrogen-bond donors (Lipinski definition) is 0. The lowest BCUT2D eigenvalue weighted by Crippen LogP contribution is -2.45. The fraction of sp³-hybridized carbons (Fsp3) is 0.882. The van der Waals surface area contributed by atoms with Crippen molar-refractivity contribution in [3.05, 3.63) is 11.6 Å². The molecule has 0 aromatic rings. The van der Waals surface area contributed by atoms with Gasteiger partial charge in [0.1, 0.15) is 0 Å². The van der Waals surface area contributed by atoms with Crippen molar-refractivity contribution >= 4 is 0 Å². The molecule has 7 aliphatic carbocycles. The van der Waals surface area contributed by atoms with E-state index >= 15 is 0 Å². The molecular formula is C17H22. The molecule has 0 heterocycles. The summed E-state index contributed by atoms with van der Waals surface area (Å²) in [6.45, 7) is 0. The molecule has 90 valence electrons. The van der Waals surface area contributed by atoms with Gasteiger partial charge in [-0.2, -0.15) is 0 Å². The molecule has 7 aliphatic rings. The normalized spacial score (nSPS) is 68.7. The van der Waals surface area contributed by atoms with E-state index in [1.54, 1.807) is 25.7 Å². The van der Waals surface area contributed by atoms with Crippen molar-refractivity contribution in [3.8, 4) is 0 Å². The Kier molecular flexibility index (Phi) is 1.31. The quantitative estimate of drug-likeness (QED) is 0.434. The number of hydrogen-bond acceptors (Lipinski definition) is 0. The van der Waals surface area contributed by atoms with E-state index in [2.05, 4.69) is 6.08 Å². The molecule has 5 fully saturated rings. The van der Waals surface area contributed by atoms with Crippen LogP contribution in [0.25, 0.3) is 0 Å². The Morgan fingerprint density at radius 3 is 2.35 bits per heavy atom. The van der Waals surface area contributed by atoms with Gasteiger partial charge in [0.05, 0.1) is 0 Å². The van der Waals surface area contributed by atoms with Crippen LogP contribution in [0.2, 0.25) is 0 Å². The molecule has 0 amide bonds. The maximum atomic E-state index is 2.67. The van der Waals surface area contributed by atoms with E-state index in [4.69, 9.17) is 0 Å². The molecular weight excluding hydrogens is 204 g/mol. The van der Waals surface area contributed by atoms with Crippen LogP contribution < -0.4 is 0 Å². The third kappa shape index (κ3) is 0.805. The smallest absolute Gasteiger partial charge is 0.0160 e. The summed E-state index contributed by atoms with van der Waals surface area (Å²) in [5.41, 5.74) is 1.85. The van der Waals surface area contributed by atoms with E-state index in [1.807, 2.05) is 5.57 Å². The first-order valence-electron chi connectivity index (χ1n) is 8.10. The highest BCUT2D eigenvalue weighted by Crippen LogP contribution is 2.74. The summed E-state index contributed by atoms with van der Waals surface area (Å²) in [6, 6.07) is 0. The van der Waals surface area contributed by atoms with Crippen molar-refractivity contribution in [2.24, 2.45) is 53.3 Å². The summed E-state index contributed by atoms with van der Waals surface area (Å²) in [5, 5.41) is 0. The highest BCUT2D eigenvalue weighted by atomic mass is 14.7. The van der Waals surface area contributed by atoms with Gasteiger partial charge < -0.3 is 0 Å². The lowest BCUT2D eigenvalue weighted by molar-refractivity contribution is 0.0150. The lowest BCUT2D eigenvalue weighted by atomic mass is 9.53. The number of rotatable bonds is 0. The minimum absolute atomic E-state index is 1.05. The van der Waals surface area contributed by atoms with Gasteiger partial charge in [0.2, 0.25) is 0 Å². The average Bonchev–Trinajstić information content (AvgIpc) is 3.05. The second-order valence-corrected chi connectivity index (χ2v) is 8.19. The Morgan fingerprint density at radius 2 is 1.53 bits per heavy atom. The van der Waals surface area contributed by atoms with Crippen LogP contribution in [-0.4, -0.2) is 0 Å². The molecule has 0 N–H and O–H groups in total. The van der Waals surface area contributed by atoms with Crippen molar-refractivity contribution in [2.75, 3.05) is 0 Å². The molecule has 0 aromatic carbocycles. The minimum atomic E-state index is 1.05. The van der Waals surface area contributed by atoms with Gasteiger partial charge in [-0.1, -0.05) is 11.6 Å². The summed E-state index contributed by atoms with van der Waals surface area (Å²) >= 11 is 0. The van der Waals surface area contributed by atoms with Crippen molar-refractivity contribution < 1.29 is 0 Å². The van der Waals surface area contributed by atoms with Crippen LogP contribution in [0.3, 0.4) is 0 Å². The van der Waals surface area contributed by atoms with Gasteiger partial charge in [-0.25, -0.2) is 0 Å². The van der Waals surface area contributed by atoms with Crippen LogP contribution in [0.1, 0.15) is 38.5 Å². The first-order valence-corrected chi connectivity index (χ1v) is 8.10. The molecule has 0 spiro atoms. The van der Waals surface area contributed by atoms with Gasteiger partial charge in [-0.3, -0.25) is 0 Å². The highest BCUT2D eigenvalue weighted by molar-refractivity contribution is 5.29. The van der Waals surface area contributed by atoms with Crippen LogP contribution in [0.5, 0.6) is 0 Å². The molecule has 0 nitrogen and oxygen atoms in total. The van der Waals surface area contributed by atoms with Crippen LogP contribution >= 0.6 is 0 Å². The van der Waals surface area contributed by atoms with E-state index in [0.717, 1.165) is 11.8 Å². The molecule has 7 rings (SSSR count). The van der Waals surface area contributed by atoms with Crippen LogP contribution in [0, 0.1) is 53.3 Å². The minimum Gasteiger partial charge on any atom is -0.0816 e. The third-order valence-corrected chi connectivity index (χ3v) is 8.06.